The number of carbonyl (C=O) groups is 1. The molecular weight excluding hydrogens is 416 g/mol. The number of amides is 1. The van der Waals surface area contributed by atoms with Crippen molar-refractivity contribution in [2.75, 3.05) is 32.9 Å². The van der Waals surface area contributed by atoms with E-state index in [1.807, 2.05) is 24.0 Å². The minimum atomic E-state index is -0.0975. The number of hydrazine groups is 1. The zero-order valence-electron chi connectivity index (χ0n) is 19.4. The average Bonchev–Trinajstić information content (AvgIpc) is 3.29. The largest absolute Gasteiger partial charge is 0.494 e. The van der Waals surface area contributed by atoms with Gasteiger partial charge in [-0.15, -0.1) is 0 Å². The molecule has 0 aromatic heterocycles. The van der Waals surface area contributed by atoms with Gasteiger partial charge in [0.1, 0.15) is 5.75 Å². The van der Waals surface area contributed by atoms with Gasteiger partial charge in [-0.25, -0.2) is 10.9 Å². The van der Waals surface area contributed by atoms with E-state index in [0.717, 1.165) is 12.2 Å². The first-order chi connectivity index (χ1) is 16.1. The van der Waals surface area contributed by atoms with E-state index < -0.39 is 0 Å². The number of rotatable bonds is 5. The highest BCUT2D eigenvalue weighted by atomic mass is 16.5. The number of nitrogens with zero attached hydrogens (tertiary/aromatic N) is 1. The van der Waals surface area contributed by atoms with Crippen molar-refractivity contribution in [3.05, 3.63) is 65.2 Å². The Kier molecular flexibility index (Phi) is 6.64. The van der Waals surface area contributed by atoms with Crippen LogP contribution >= 0.6 is 0 Å². The van der Waals surface area contributed by atoms with Gasteiger partial charge in [0.25, 0.3) is 0 Å². The van der Waals surface area contributed by atoms with E-state index in [2.05, 4.69) is 59.5 Å². The van der Waals surface area contributed by atoms with Gasteiger partial charge in [0.15, 0.2) is 0 Å². The number of fused-ring (bicyclic) bond motifs is 1. The topological polar surface area (TPSA) is 74.9 Å². The molecule has 5 unspecified atom stereocenters. The molecule has 2 aromatic rings. The lowest BCUT2D eigenvalue weighted by molar-refractivity contribution is -0.143. The van der Waals surface area contributed by atoms with Gasteiger partial charge >= 0.3 is 0 Å². The standard InChI is InChI=1S/C26H34N4O3/c1-3-33-20-10-8-18(9-11-20)22-16-21(26(31)30-12-14-32-15-13-30)23-24(28-29-25(23)27-22)19-6-4-17(2)5-7-19/h4-11,21-25,27-29H,3,12-16H2,1-2H3. The van der Waals surface area contributed by atoms with Crippen LogP contribution in [0.1, 0.15) is 42.1 Å². The molecule has 2 aromatic carbocycles. The van der Waals surface area contributed by atoms with E-state index in [4.69, 9.17) is 9.47 Å². The molecule has 0 radical (unpaired) electrons. The van der Waals surface area contributed by atoms with Crippen molar-refractivity contribution in [3.63, 3.8) is 0 Å². The summed E-state index contributed by atoms with van der Waals surface area (Å²) in [5.41, 5.74) is 10.6. The van der Waals surface area contributed by atoms with Gasteiger partial charge in [-0.2, -0.15) is 0 Å². The second-order valence-electron chi connectivity index (χ2n) is 9.23. The lowest BCUT2D eigenvalue weighted by atomic mass is 9.74. The van der Waals surface area contributed by atoms with Crippen LogP contribution in [0, 0.1) is 18.8 Å². The summed E-state index contributed by atoms with van der Waals surface area (Å²) in [6, 6.07) is 17.0. The molecular formula is C26H34N4O3. The van der Waals surface area contributed by atoms with Crippen LogP contribution < -0.4 is 20.9 Å². The molecule has 1 amide bonds. The summed E-state index contributed by atoms with van der Waals surface area (Å²) < 4.78 is 11.1. The second kappa shape index (κ2) is 9.81. The fraction of sp³-hybridized carbons (Fsp3) is 0.500. The van der Waals surface area contributed by atoms with E-state index in [0.29, 0.717) is 32.9 Å². The molecule has 33 heavy (non-hydrogen) atoms. The average molecular weight is 451 g/mol. The van der Waals surface area contributed by atoms with Crippen LogP contribution in [-0.4, -0.2) is 49.9 Å². The van der Waals surface area contributed by atoms with Crippen molar-refractivity contribution >= 4 is 5.91 Å². The summed E-state index contributed by atoms with van der Waals surface area (Å²) in [5, 5.41) is 3.77. The van der Waals surface area contributed by atoms with Crippen molar-refractivity contribution in [3.8, 4) is 5.75 Å². The number of aryl methyl sites for hydroxylation is 1. The Labute approximate surface area is 195 Å². The molecule has 0 bridgehead atoms. The summed E-state index contributed by atoms with van der Waals surface area (Å²) in [6.07, 6.45) is 0.758. The summed E-state index contributed by atoms with van der Waals surface area (Å²) in [7, 11) is 0. The van der Waals surface area contributed by atoms with Crippen LogP contribution in [0.3, 0.4) is 0 Å². The summed E-state index contributed by atoms with van der Waals surface area (Å²) in [6.45, 7) is 7.31. The number of hydrogen-bond acceptors (Lipinski definition) is 6. The van der Waals surface area contributed by atoms with Gasteiger partial charge in [-0.1, -0.05) is 42.0 Å². The smallest absolute Gasteiger partial charge is 0.226 e. The van der Waals surface area contributed by atoms with Crippen molar-refractivity contribution in [2.24, 2.45) is 11.8 Å². The molecule has 0 saturated carbocycles. The number of carbonyl (C=O) groups excluding carboxylic acids is 1. The van der Waals surface area contributed by atoms with Gasteiger partial charge in [0.05, 0.1) is 32.0 Å². The second-order valence-corrected chi connectivity index (χ2v) is 9.23. The maximum atomic E-state index is 13.8. The van der Waals surface area contributed by atoms with Crippen LogP contribution in [0.25, 0.3) is 0 Å². The Morgan fingerprint density at radius 3 is 2.42 bits per heavy atom. The molecule has 3 aliphatic heterocycles. The minimum Gasteiger partial charge on any atom is -0.494 e. The van der Waals surface area contributed by atoms with Crippen LogP contribution in [-0.2, 0) is 9.53 Å². The Morgan fingerprint density at radius 2 is 1.73 bits per heavy atom. The molecule has 5 rings (SSSR count). The van der Waals surface area contributed by atoms with Crippen LogP contribution in [0.5, 0.6) is 5.75 Å². The van der Waals surface area contributed by atoms with Crippen molar-refractivity contribution in [2.45, 2.75) is 38.5 Å². The maximum absolute atomic E-state index is 13.8. The molecule has 7 nitrogen and oxygen atoms in total. The Morgan fingerprint density at radius 1 is 1.03 bits per heavy atom. The maximum Gasteiger partial charge on any atom is 0.226 e. The number of hydrogen-bond donors (Lipinski definition) is 3. The SMILES string of the molecule is CCOc1ccc(C2CC(C(=O)N3CCOCC3)C3C(NNC3c3ccc(C)cc3)N2)cc1. The van der Waals surface area contributed by atoms with E-state index >= 15 is 0 Å². The van der Waals surface area contributed by atoms with Gasteiger partial charge in [0, 0.05) is 31.0 Å². The first-order valence-electron chi connectivity index (χ1n) is 12.1. The van der Waals surface area contributed by atoms with Crippen molar-refractivity contribution < 1.29 is 14.3 Å². The molecule has 3 saturated heterocycles. The molecule has 3 heterocycles. The zero-order chi connectivity index (χ0) is 22.8. The third-order valence-corrected chi connectivity index (χ3v) is 7.17. The summed E-state index contributed by atoms with van der Waals surface area (Å²) in [4.78, 5) is 15.8. The van der Waals surface area contributed by atoms with Crippen LogP contribution in [0.4, 0.5) is 0 Å². The fourth-order valence-electron chi connectivity index (χ4n) is 5.44. The van der Waals surface area contributed by atoms with E-state index in [1.54, 1.807) is 0 Å². The zero-order valence-corrected chi connectivity index (χ0v) is 19.4. The minimum absolute atomic E-state index is 0.00314. The normalized spacial score (nSPS) is 29.5. The number of ether oxygens (including phenoxy) is 2. The molecule has 0 aliphatic carbocycles. The fourth-order valence-corrected chi connectivity index (χ4v) is 5.44. The first kappa shape index (κ1) is 22.3. The highest BCUT2D eigenvalue weighted by Gasteiger charge is 2.50. The van der Waals surface area contributed by atoms with E-state index in [9.17, 15) is 4.79 Å². The van der Waals surface area contributed by atoms with Crippen molar-refractivity contribution in [1.82, 2.24) is 21.1 Å². The Hall–Kier alpha value is -2.45. The van der Waals surface area contributed by atoms with E-state index in [-0.39, 0.29) is 36.0 Å². The number of benzene rings is 2. The first-order valence-corrected chi connectivity index (χ1v) is 12.1. The van der Waals surface area contributed by atoms with Gasteiger partial charge < -0.3 is 14.4 Å². The quantitative estimate of drug-likeness (QED) is 0.651. The van der Waals surface area contributed by atoms with Crippen LogP contribution in [0.2, 0.25) is 0 Å². The molecule has 0 spiro atoms. The predicted octanol–water partition coefficient (Wildman–Crippen LogP) is 2.69. The lowest BCUT2D eigenvalue weighted by Crippen LogP contribution is -2.56. The van der Waals surface area contributed by atoms with Crippen molar-refractivity contribution in [1.29, 1.82) is 0 Å². The highest BCUT2D eigenvalue weighted by molar-refractivity contribution is 5.80. The summed E-state index contributed by atoms with van der Waals surface area (Å²) >= 11 is 0. The number of nitrogens with one attached hydrogen (secondary N) is 3. The Balaban J connectivity index is 1.43. The third-order valence-electron chi connectivity index (χ3n) is 7.17. The van der Waals surface area contributed by atoms with Gasteiger partial charge in [0.2, 0.25) is 5.91 Å². The molecule has 176 valence electrons. The molecule has 3 N–H and O–H groups in total. The lowest BCUT2D eigenvalue weighted by Gasteiger charge is -2.42. The molecule has 5 atom stereocenters. The van der Waals surface area contributed by atoms with Gasteiger partial charge in [-0.3, -0.25) is 10.1 Å². The number of morpholine rings is 1. The molecule has 3 fully saturated rings. The summed E-state index contributed by atoms with van der Waals surface area (Å²) in [5.74, 6) is 1.13. The van der Waals surface area contributed by atoms with Gasteiger partial charge in [-0.05, 0) is 43.5 Å². The molecule has 3 aliphatic rings. The highest BCUT2D eigenvalue weighted by Crippen LogP contribution is 2.43. The third kappa shape index (κ3) is 4.64. The van der Waals surface area contributed by atoms with Crippen LogP contribution in [0.15, 0.2) is 48.5 Å². The number of piperidine rings is 1. The Bertz CT molecular complexity index is 943. The predicted molar refractivity (Wildman–Crippen MR) is 126 cm³/mol. The van der Waals surface area contributed by atoms with E-state index in [1.165, 1.54) is 16.7 Å². The molecule has 7 heteroatoms. The monoisotopic (exact) mass is 450 g/mol.